The Hall–Kier alpha value is -1.10. The number of aliphatic hydroxyl groups excluding tert-OH is 1. The molecule has 5 nitrogen and oxygen atoms in total. The highest BCUT2D eigenvalue weighted by Gasteiger charge is 2.17. The maximum Gasteiger partial charge on any atom is 0.358 e. The summed E-state index contributed by atoms with van der Waals surface area (Å²) in [7, 11) is 0. The third-order valence-corrected chi connectivity index (χ3v) is 1.23. The number of rotatable bonds is 5. The molecule has 1 N–H and O–H groups in total. The van der Waals surface area contributed by atoms with E-state index in [1.807, 2.05) is 0 Å². The first-order valence-corrected chi connectivity index (χ1v) is 3.55. The molecule has 0 spiro atoms. The number of esters is 1. The molecule has 69 valence electrons. The minimum Gasteiger partial charge on any atom is -0.463 e. The highest BCUT2D eigenvalue weighted by atomic mass is 16.5. The zero-order chi connectivity index (χ0) is 9.56. The maximum absolute atomic E-state index is 10.7. The largest absolute Gasteiger partial charge is 0.463 e. The van der Waals surface area contributed by atoms with Crippen LogP contribution in [0.4, 0.5) is 0 Å². The van der Waals surface area contributed by atoms with E-state index in [1.165, 1.54) is 6.92 Å². The van der Waals surface area contributed by atoms with Gasteiger partial charge in [-0.1, -0.05) is 6.92 Å². The second kappa shape index (κ2) is 5.54. The molecule has 0 aliphatic heterocycles. The summed E-state index contributed by atoms with van der Waals surface area (Å²) >= 11 is 0. The van der Waals surface area contributed by atoms with Crippen LogP contribution in [-0.4, -0.2) is 30.3 Å². The topological polar surface area (TPSA) is 83.5 Å². The number of carbonyl (C=O) groups excluding carboxylic acids is 2. The lowest BCUT2D eigenvalue weighted by molar-refractivity contribution is -0.154. The average Bonchev–Trinajstić information content (AvgIpc) is 2.00. The van der Waals surface area contributed by atoms with Gasteiger partial charge in [-0.25, -0.2) is 9.90 Å². The molecule has 0 aromatic heterocycles. The second-order valence-electron chi connectivity index (χ2n) is 2.37. The summed E-state index contributed by atoms with van der Waals surface area (Å²) < 4.78 is 4.43. The number of aliphatic hydroxyl groups is 1. The van der Waals surface area contributed by atoms with Gasteiger partial charge in [-0.05, 0) is 0 Å². The Kier molecular flexibility index (Phi) is 5.03. The lowest BCUT2D eigenvalue weighted by atomic mass is 10.1. The number of carbonyl (C=O) groups is 2. The van der Waals surface area contributed by atoms with Gasteiger partial charge in [0.05, 0.1) is 18.9 Å². The molecule has 0 amide bonds. The van der Waals surface area contributed by atoms with Gasteiger partial charge in [0, 0.05) is 0 Å². The van der Waals surface area contributed by atoms with E-state index in [4.69, 9.17) is 5.11 Å². The molecular weight excluding hydrogens is 164 g/mol. The fraction of sp³-hybridized carbons (Fsp3) is 0.714. The van der Waals surface area contributed by atoms with Crippen molar-refractivity contribution in [2.75, 3.05) is 13.2 Å². The first-order chi connectivity index (χ1) is 5.57. The molecule has 1 atom stereocenters. The van der Waals surface area contributed by atoms with Gasteiger partial charge in [0.2, 0.25) is 0 Å². The molecule has 0 aliphatic carbocycles. The lowest BCUT2D eigenvalue weighted by Gasteiger charge is -2.03. The second-order valence-corrected chi connectivity index (χ2v) is 2.37. The van der Waals surface area contributed by atoms with Crippen LogP contribution in [-0.2, 0) is 19.4 Å². The van der Waals surface area contributed by atoms with Crippen LogP contribution in [0.15, 0.2) is 0 Å². The van der Waals surface area contributed by atoms with Crippen molar-refractivity contribution in [3.63, 3.8) is 0 Å². The third-order valence-electron chi connectivity index (χ3n) is 1.23. The van der Waals surface area contributed by atoms with Crippen LogP contribution in [0.3, 0.4) is 0 Å². The molecule has 0 saturated carbocycles. The molecule has 0 rings (SSSR count). The first-order valence-electron chi connectivity index (χ1n) is 3.55. The predicted molar refractivity (Wildman–Crippen MR) is 37.5 cm³/mol. The van der Waals surface area contributed by atoms with Crippen molar-refractivity contribution in [1.82, 2.24) is 0 Å². The fourth-order valence-corrected chi connectivity index (χ4v) is 0.552. The molecule has 1 radical (unpaired) electrons. The number of ether oxygens (including phenoxy) is 1. The SMILES string of the molecule is CC(CC(=O)OCCO)C([O])=O. The van der Waals surface area contributed by atoms with Gasteiger partial charge in [0.1, 0.15) is 6.61 Å². The molecule has 5 heteroatoms. The van der Waals surface area contributed by atoms with Crippen molar-refractivity contribution >= 4 is 11.9 Å². The first kappa shape index (κ1) is 10.9. The van der Waals surface area contributed by atoms with Crippen molar-refractivity contribution in [2.24, 2.45) is 5.92 Å². The predicted octanol–water partition coefficient (Wildman–Crippen LogP) is -0.495. The highest BCUT2D eigenvalue weighted by Crippen LogP contribution is 2.03. The highest BCUT2D eigenvalue weighted by molar-refractivity contribution is 5.78. The van der Waals surface area contributed by atoms with Crippen LogP contribution < -0.4 is 0 Å². The summed E-state index contributed by atoms with van der Waals surface area (Å²) in [6.45, 7) is 1.000. The van der Waals surface area contributed by atoms with Crippen LogP contribution in [0.2, 0.25) is 0 Å². The van der Waals surface area contributed by atoms with Crippen LogP contribution in [0.5, 0.6) is 0 Å². The Morgan fingerprint density at radius 3 is 2.50 bits per heavy atom. The van der Waals surface area contributed by atoms with Crippen LogP contribution in [0.25, 0.3) is 0 Å². The van der Waals surface area contributed by atoms with Crippen molar-refractivity contribution in [1.29, 1.82) is 0 Å². The van der Waals surface area contributed by atoms with E-state index in [9.17, 15) is 14.7 Å². The molecule has 1 unspecified atom stereocenters. The molecule has 0 bridgehead atoms. The Labute approximate surface area is 70.0 Å². The van der Waals surface area contributed by atoms with Gasteiger partial charge in [0.25, 0.3) is 0 Å². The lowest BCUT2D eigenvalue weighted by Crippen LogP contribution is -2.16. The minimum atomic E-state index is -1.28. The maximum atomic E-state index is 10.7. The quantitative estimate of drug-likeness (QED) is 0.571. The van der Waals surface area contributed by atoms with E-state index in [2.05, 4.69) is 4.74 Å². The smallest absolute Gasteiger partial charge is 0.358 e. The van der Waals surface area contributed by atoms with E-state index < -0.39 is 17.9 Å². The van der Waals surface area contributed by atoms with Crippen molar-refractivity contribution in [3.05, 3.63) is 0 Å². The van der Waals surface area contributed by atoms with Gasteiger partial charge >= 0.3 is 11.9 Å². The molecule has 0 aromatic rings. The van der Waals surface area contributed by atoms with Gasteiger partial charge in [-0.2, -0.15) is 0 Å². The summed E-state index contributed by atoms with van der Waals surface area (Å²) in [5.74, 6) is -2.77. The molecule has 0 fully saturated rings. The summed E-state index contributed by atoms with van der Waals surface area (Å²) in [6.07, 6.45) is -0.220. The van der Waals surface area contributed by atoms with Crippen LogP contribution in [0.1, 0.15) is 13.3 Å². The molecular formula is C7H11O5. The summed E-state index contributed by atoms with van der Waals surface area (Å²) in [4.78, 5) is 20.8. The minimum absolute atomic E-state index is 0.0986. The standard InChI is InChI=1S/C7H11O5/c1-5(7(10)11)4-6(9)12-3-2-8/h5,8H,2-4H2,1H3. The van der Waals surface area contributed by atoms with Crippen LogP contribution >= 0.6 is 0 Å². The van der Waals surface area contributed by atoms with E-state index in [0.29, 0.717) is 0 Å². The summed E-state index contributed by atoms with van der Waals surface area (Å²) in [5.41, 5.74) is 0. The van der Waals surface area contributed by atoms with Crippen molar-refractivity contribution in [2.45, 2.75) is 13.3 Å². The summed E-state index contributed by atoms with van der Waals surface area (Å²) in [6, 6.07) is 0. The van der Waals surface area contributed by atoms with Gasteiger partial charge < -0.3 is 9.84 Å². The van der Waals surface area contributed by atoms with Gasteiger partial charge in [0.15, 0.2) is 0 Å². The van der Waals surface area contributed by atoms with E-state index in [-0.39, 0.29) is 19.6 Å². The molecule has 0 saturated heterocycles. The van der Waals surface area contributed by atoms with Gasteiger partial charge in [-0.3, -0.25) is 4.79 Å². The zero-order valence-corrected chi connectivity index (χ0v) is 6.78. The number of hydrogen-bond acceptors (Lipinski definition) is 4. The summed E-state index contributed by atoms with van der Waals surface area (Å²) in [5, 5.41) is 18.4. The van der Waals surface area contributed by atoms with E-state index >= 15 is 0 Å². The molecule has 0 heterocycles. The normalized spacial score (nSPS) is 12.2. The number of hydrogen-bond donors (Lipinski definition) is 1. The monoisotopic (exact) mass is 175 g/mol. The Morgan fingerprint density at radius 1 is 1.50 bits per heavy atom. The zero-order valence-electron chi connectivity index (χ0n) is 6.78. The molecule has 0 aliphatic rings. The van der Waals surface area contributed by atoms with E-state index in [1.54, 1.807) is 0 Å². The van der Waals surface area contributed by atoms with Crippen LogP contribution in [0, 0.1) is 5.92 Å². The average molecular weight is 175 g/mol. The van der Waals surface area contributed by atoms with Crippen molar-refractivity contribution in [3.8, 4) is 0 Å². The fourth-order valence-electron chi connectivity index (χ4n) is 0.552. The van der Waals surface area contributed by atoms with E-state index in [0.717, 1.165) is 0 Å². The molecule has 0 aromatic carbocycles. The Balaban J connectivity index is 3.61. The third kappa shape index (κ3) is 4.68. The molecule has 12 heavy (non-hydrogen) atoms. The van der Waals surface area contributed by atoms with Crippen molar-refractivity contribution < 1.29 is 24.5 Å². The Morgan fingerprint density at radius 2 is 2.08 bits per heavy atom. The Bertz CT molecular complexity index is 165. The van der Waals surface area contributed by atoms with Gasteiger partial charge in [-0.15, -0.1) is 0 Å².